The predicted octanol–water partition coefficient (Wildman–Crippen LogP) is 3.70. The van der Waals surface area contributed by atoms with E-state index in [9.17, 15) is 0 Å². The van der Waals surface area contributed by atoms with Gasteiger partial charge in [0.15, 0.2) is 0 Å². The van der Waals surface area contributed by atoms with E-state index in [0.717, 1.165) is 42.5 Å². The maximum Gasteiger partial charge on any atom is 0.134 e. The van der Waals surface area contributed by atoms with E-state index in [1.165, 1.54) is 38.5 Å². The average Bonchev–Trinajstić information content (AvgIpc) is 2.45. The van der Waals surface area contributed by atoms with E-state index in [1.807, 2.05) is 6.92 Å². The van der Waals surface area contributed by atoms with Gasteiger partial charge >= 0.3 is 0 Å². The molecule has 0 saturated heterocycles. The molecule has 0 unspecified atom stereocenters. The quantitative estimate of drug-likeness (QED) is 0.831. The second-order valence-electron chi connectivity index (χ2n) is 5.97. The number of nitrogens with one attached hydrogen (secondary N) is 1. The SMILES string of the molecule is CCCc1nc(N)c(C)c(NCCC2CCCCC2)n1. The number of nitrogens with two attached hydrogens (primary N) is 1. The number of hydrogen-bond acceptors (Lipinski definition) is 4. The van der Waals surface area contributed by atoms with Crippen LogP contribution in [-0.2, 0) is 6.42 Å². The lowest BCUT2D eigenvalue weighted by Gasteiger charge is -2.21. The Bertz CT molecular complexity index is 425. The maximum atomic E-state index is 5.98. The van der Waals surface area contributed by atoms with E-state index in [4.69, 9.17) is 5.73 Å². The predicted molar refractivity (Wildman–Crippen MR) is 84.9 cm³/mol. The Labute approximate surface area is 122 Å². The van der Waals surface area contributed by atoms with E-state index in [0.29, 0.717) is 5.82 Å². The van der Waals surface area contributed by atoms with Gasteiger partial charge in [-0.25, -0.2) is 9.97 Å². The molecule has 0 radical (unpaired) electrons. The molecule has 1 aromatic heterocycles. The molecule has 4 nitrogen and oxygen atoms in total. The van der Waals surface area contributed by atoms with Crippen LogP contribution in [0.3, 0.4) is 0 Å². The summed E-state index contributed by atoms with van der Waals surface area (Å²) in [7, 11) is 0. The van der Waals surface area contributed by atoms with Crippen LogP contribution < -0.4 is 11.1 Å². The van der Waals surface area contributed by atoms with Crippen molar-refractivity contribution >= 4 is 11.6 Å². The van der Waals surface area contributed by atoms with E-state index in [-0.39, 0.29) is 0 Å². The second-order valence-corrected chi connectivity index (χ2v) is 5.97. The third-order valence-electron chi connectivity index (χ3n) is 4.27. The van der Waals surface area contributed by atoms with Gasteiger partial charge in [-0.1, -0.05) is 39.0 Å². The number of nitrogens with zero attached hydrogens (tertiary/aromatic N) is 2. The number of aromatic nitrogens is 2. The van der Waals surface area contributed by atoms with Crippen molar-refractivity contribution in [1.82, 2.24) is 9.97 Å². The van der Waals surface area contributed by atoms with Crippen LogP contribution in [0, 0.1) is 12.8 Å². The molecule has 2 rings (SSSR count). The fourth-order valence-electron chi connectivity index (χ4n) is 2.96. The molecular weight excluding hydrogens is 248 g/mol. The largest absolute Gasteiger partial charge is 0.383 e. The fourth-order valence-corrected chi connectivity index (χ4v) is 2.96. The molecule has 20 heavy (non-hydrogen) atoms. The monoisotopic (exact) mass is 276 g/mol. The minimum atomic E-state index is 0.614. The van der Waals surface area contributed by atoms with Gasteiger partial charge < -0.3 is 11.1 Å². The zero-order valence-corrected chi connectivity index (χ0v) is 12.9. The average molecular weight is 276 g/mol. The zero-order chi connectivity index (χ0) is 14.4. The Balaban J connectivity index is 1.90. The summed E-state index contributed by atoms with van der Waals surface area (Å²) in [6.07, 6.45) is 10.2. The normalized spacial score (nSPS) is 16.3. The van der Waals surface area contributed by atoms with E-state index < -0.39 is 0 Å². The summed E-state index contributed by atoms with van der Waals surface area (Å²) in [5.41, 5.74) is 6.96. The molecule has 1 aliphatic carbocycles. The molecule has 0 aromatic carbocycles. The van der Waals surface area contributed by atoms with Crippen molar-refractivity contribution in [3.05, 3.63) is 11.4 Å². The van der Waals surface area contributed by atoms with Crippen molar-refractivity contribution in [3.63, 3.8) is 0 Å². The smallest absolute Gasteiger partial charge is 0.134 e. The highest BCUT2D eigenvalue weighted by atomic mass is 15.1. The Morgan fingerprint density at radius 1 is 1.20 bits per heavy atom. The van der Waals surface area contributed by atoms with Crippen LogP contribution in [0.25, 0.3) is 0 Å². The Morgan fingerprint density at radius 3 is 2.65 bits per heavy atom. The number of rotatable bonds is 6. The first-order chi connectivity index (χ1) is 9.70. The Morgan fingerprint density at radius 2 is 1.95 bits per heavy atom. The topological polar surface area (TPSA) is 63.8 Å². The van der Waals surface area contributed by atoms with Gasteiger partial charge in [0.2, 0.25) is 0 Å². The third kappa shape index (κ3) is 4.09. The standard InChI is InChI=1S/C16H28N4/c1-3-7-14-19-15(17)12(2)16(20-14)18-11-10-13-8-5-4-6-9-13/h13H,3-11H2,1-2H3,(H3,17,18,19,20). The minimum absolute atomic E-state index is 0.614. The molecule has 0 amide bonds. The maximum absolute atomic E-state index is 5.98. The zero-order valence-electron chi connectivity index (χ0n) is 12.9. The van der Waals surface area contributed by atoms with Crippen molar-refractivity contribution < 1.29 is 0 Å². The molecular formula is C16H28N4. The number of nitrogen functional groups attached to an aromatic ring is 1. The molecule has 1 aliphatic rings. The first-order valence-electron chi connectivity index (χ1n) is 8.07. The highest BCUT2D eigenvalue weighted by Gasteiger charge is 2.13. The van der Waals surface area contributed by atoms with E-state index >= 15 is 0 Å². The van der Waals surface area contributed by atoms with Gasteiger partial charge in [-0.2, -0.15) is 0 Å². The summed E-state index contributed by atoms with van der Waals surface area (Å²) >= 11 is 0. The molecule has 1 heterocycles. The number of aryl methyl sites for hydroxylation is 1. The van der Waals surface area contributed by atoms with Crippen molar-refractivity contribution in [2.45, 2.75) is 65.2 Å². The van der Waals surface area contributed by atoms with Crippen molar-refractivity contribution in [2.24, 2.45) is 5.92 Å². The summed E-state index contributed by atoms with van der Waals surface area (Å²) in [4.78, 5) is 8.95. The summed E-state index contributed by atoms with van der Waals surface area (Å²) in [6, 6.07) is 0. The molecule has 1 fully saturated rings. The summed E-state index contributed by atoms with van der Waals surface area (Å²) in [5.74, 6) is 3.29. The molecule has 112 valence electrons. The van der Waals surface area contributed by atoms with Gasteiger partial charge in [0.25, 0.3) is 0 Å². The molecule has 0 aliphatic heterocycles. The van der Waals surface area contributed by atoms with E-state index in [2.05, 4.69) is 22.2 Å². The Kier molecular flexibility index (Phi) is 5.62. The first kappa shape index (κ1) is 15.1. The van der Waals surface area contributed by atoms with Crippen molar-refractivity contribution in [2.75, 3.05) is 17.6 Å². The molecule has 1 aromatic rings. The lowest BCUT2D eigenvalue weighted by atomic mass is 9.87. The van der Waals surface area contributed by atoms with Gasteiger partial charge in [-0.05, 0) is 25.7 Å². The summed E-state index contributed by atoms with van der Waals surface area (Å²) < 4.78 is 0. The minimum Gasteiger partial charge on any atom is -0.383 e. The van der Waals surface area contributed by atoms with Crippen LogP contribution in [0.15, 0.2) is 0 Å². The van der Waals surface area contributed by atoms with Gasteiger partial charge in [-0.15, -0.1) is 0 Å². The van der Waals surface area contributed by atoms with Crippen molar-refractivity contribution in [1.29, 1.82) is 0 Å². The van der Waals surface area contributed by atoms with Gasteiger partial charge in [0.05, 0.1) is 0 Å². The Hall–Kier alpha value is -1.32. The molecule has 0 atom stereocenters. The first-order valence-corrected chi connectivity index (χ1v) is 8.07. The van der Waals surface area contributed by atoms with Crippen molar-refractivity contribution in [3.8, 4) is 0 Å². The lowest BCUT2D eigenvalue weighted by Crippen LogP contribution is -2.15. The van der Waals surface area contributed by atoms with Crippen LogP contribution >= 0.6 is 0 Å². The van der Waals surface area contributed by atoms with Gasteiger partial charge in [-0.3, -0.25) is 0 Å². The fraction of sp³-hybridized carbons (Fsp3) is 0.750. The van der Waals surface area contributed by atoms with Crippen LogP contribution in [-0.4, -0.2) is 16.5 Å². The second kappa shape index (κ2) is 7.46. The van der Waals surface area contributed by atoms with Gasteiger partial charge in [0, 0.05) is 18.5 Å². The number of anilines is 2. The van der Waals surface area contributed by atoms with Crippen LogP contribution in [0.4, 0.5) is 11.6 Å². The molecule has 4 heteroatoms. The third-order valence-corrected chi connectivity index (χ3v) is 4.27. The van der Waals surface area contributed by atoms with Crippen LogP contribution in [0.2, 0.25) is 0 Å². The van der Waals surface area contributed by atoms with Gasteiger partial charge in [0.1, 0.15) is 17.5 Å². The highest BCUT2D eigenvalue weighted by molar-refractivity contribution is 5.54. The highest BCUT2D eigenvalue weighted by Crippen LogP contribution is 2.26. The molecule has 3 N–H and O–H groups in total. The summed E-state index contributed by atoms with van der Waals surface area (Å²) in [6.45, 7) is 5.12. The lowest BCUT2D eigenvalue weighted by molar-refractivity contribution is 0.345. The summed E-state index contributed by atoms with van der Waals surface area (Å²) in [5, 5.41) is 3.47. The molecule has 0 bridgehead atoms. The molecule has 1 saturated carbocycles. The number of hydrogen-bond donors (Lipinski definition) is 2. The van der Waals surface area contributed by atoms with Crippen LogP contribution in [0.1, 0.15) is 63.3 Å². The molecule has 0 spiro atoms. The van der Waals surface area contributed by atoms with E-state index in [1.54, 1.807) is 0 Å². The van der Waals surface area contributed by atoms with Crippen LogP contribution in [0.5, 0.6) is 0 Å².